The Morgan fingerprint density at radius 2 is 1.82 bits per heavy atom. The van der Waals surface area contributed by atoms with Gasteiger partial charge < -0.3 is 13.9 Å². The average molecular weight is 386 g/mol. The number of halogens is 1. The van der Waals surface area contributed by atoms with Crippen molar-refractivity contribution in [3.8, 4) is 5.75 Å². The summed E-state index contributed by atoms with van der Waals surface area (Å²) < 4.78 is 29.1. The Kier molecular flexibility index (Phi) is 6.23. The minimum Gasteiger partial charge on any atom is -0.484 e. The first-order valence-electron chi connectivity index (χ1n) is 8.64. The molecule has 1 aromatic heterocycles. The summed E-state index contributed by atoms with van der Waals surface area (Å²) in [6.45, 7) is 2.19. The van der Waals surface area contributed by atoms with Crippen molar-refractivity contribution in [3.63, 3.8) is 0 Å². The van der Waals surface area contributed by atoms with Gasteiger partial charge in [-0.05, 0) is 37.3 Å². The summed E-state index contributed by atoms with van der Waals surface area (Å²) in [5.41, 5.74) is 5.70. The van der Waals surface area contributed by atoms with Crippen molar-refractivity contribution in [2.75, 3.05) is 13.2 Å². The topological polar surface area (TPSA) is 89.8 Å². The first kappa shape index (κ1) is 19.4. The first-order valence-corrected chi connectivity index (χ1v) is 8.64. The van der Waals surface area contributed by atoms with Gasteiger partial charge in [-0.25, -0.2) is 4.39 Å². The van der Waals surface area contributed by atoms with Gasteiger partial charge in [0.05, 0.1) is 6.61 Å². The van der Waals surface area contributed by atoms with Crippen LogP contribution in [0.5, 0.6) is 5.75 Å². The summed E-state index contributed by atoms with van der Waals surface area (Å²) in [7, 11) is 0. The fourth-order valence-corrected chi connectivity index (χ4v) is 2.53. The molecule has 0 atom stereocenters. The van der Waals surface area contributed by atoms with Gasteiger partial charge >= 0.3 is 5.91 Å². The number of rotatable bonds is 7. The van der Waals surface area contributed by atoms with Gasteiger partial charge in [-0.2, -0.15) is 0 Å². The highest BCUT2D eigenvalue weighted by molar-refractivity contribution is 5.99. The molecule has 0 aliphatic heterocycles. The summed E-state index contributed by atoms with van der Waals surface area (Å²) in [6, 6.07) is 12.4. The number of furan rings is 1. The third-order valence-corrected chi connectivity index (χ3v) is 3.85. The van der Waals surface area contributed by atoms with E-state index in [2.05, 4.69) is 10.9 Å². The second-order valence-electron chi connectivity index (χ2n) is 5.79. The van der Waals surface area contributed by atoms with Crippen LogP contribution in [-0.2, 0) is 16.1 Å². The van der Waals surface area contributed by atoms with E-state index in [0.717, 1.165) is 5.39 Å². The van der Waals surface area contributed by atoms with Gasteiger partial charge in [0.2, 0.25) is 0 Å². The molecule has 1 heterocycles. The molecule has 0 bridgehead atoms. The van der Waals surface area contributed by atoms with Gasteiger partial charge in [-0.1, -0.05) is 18.2 Å². The zero-order valence-electron chi connectivity index (χ0n) is 15.2. The fourth-order valence-electron chi connectivity index (χ4n) is 2.53. The zero-order chi connectivity index (χ0) is 19.9. The van der Waals surface area contributed by atoms with Crippen LogP contribution < -0.4 is 15.6 Å². The molecule has 3 aromatic rings. The lowest BCUT2D eigenvalue weighted by Crippen LogP contribution is -2.44. The van der Waals surface area contributed by atoms with E-state index < -0.39 is 17.6 Å². The maximum atomic E-state index is 12.8. The van der Waals surface area contributed by atoms with Crippen LogP contribution in [0.15, 0.2) is 52.9 Å². The van der Waals surface area contributed by atoms with Crippen molar-refractivity contribution in [1.29, 1.82) is 0 Å². The Morgan fingerprint density at radius 1 is 1.07 bits per heavy atom. The molecule has 0 aliphatic rings. The lowest BCUT2D eigenvalue weighted by Gasteiger charge is -2.09. The molecule has 0 spiro atoms. The number of amides is 2. The summed E-state index contributed by atoms with van der Waals surface area (Å²) in [5, 5.41) is 0.770. The number of carbonyl (C=O) groups is 2. The standard InChI is InChI=1S/C20H19FN2O5/c1-2-26-11-16-15-5-3-4-6-17(15)28-19(16)20(25)23-22-18(24)12-27-14-9-7-13(21)8-10-14/h3-10H,2,11-12H2,1H3,(H,22,24)(H,23,25). The Morgan fingerprint density at radius 3 is 2.57 bits per heavy atom. The number of hydrazine groups is 1. The SMILES string of the molecule is CCOCc1c(C(=O)NNC(=O)COc2ccc(F)cc2)oc2ccccc12. The molecule has 0 fully saturated rings. The maximum Gasteiger partial charge on any atom is 0.305 e. The van der Waals surface area contributed by atoms with Gasteiger partial charge in [0.25, 0.3) is 5.91 Å². The van der Waals surface area contributed by atoms with Gasteiger partial charge in [0, 0.05) is 17.6 Å². The number of carbonyl (C=O) groups excluding carboxylic acids is 2. The average Bonchev–Trinajstić information content (AvgIpc) is 3.08. The molecule has 0 saturated heterocycles. The summed E-state index contributed by atoms with van der Waals surface area (Å²) in [5.74, 6) is -1.20. The molecule has 2 N–H and O–H groups in total. The van der Waals surface area contributed by atoms with Crippen LogP contribution in [0, 0.1) is 5.82 Å². The van der Waals surface area contributed by atoms with Crippen LogP contribution in [0.1, 0.15) is 23.0 Å². The van der Waals surface area contributed by atoms with Crippen molar-refractivity contribution in [2.24, 2.45) is 0 Å². The van der Waals surface area contributed by atoms with E-state index >= 15 is 0 Å². The molecule has 146 valence electrons. The third-order valence-electron chi connectivity index (χ3n) is 3.85. The molecule has 8 heteroatoms. The summed E-state index contributed by atoms with van der Waals surface area (Å²) in [6.07, 6.45) is 0. The van der Waals surface area contributed by atoms with Gasteiger partial charge in [-0.3, -0.25) is 20.4 Å². The fraction of sp³-hybridized carbons (Fsp3) is 0.200. The van der Waals surface area contributed by atoms with Crippen LogP contribution in [0.4, 0.5) is 4.39 Å². The van der Waals surface area contributed by atoms with Crippen LogP contribution >= 0.6 is 0 Å². The highest BCUT2D eigenvalue weighted by Crippen LogP contribution is 2.26. The Bertz CT molecular complexity index is 968. The van der Waals surface area contributed by atoms with Crippen molar-refractivity contribution >= 4 is 22.8 Å². The molecule has 0 aliphatic carbocycles. The number of nitrogens with one attached hydrogen (secondary N) is 2. The highest BCUT2D eigenvalue weighted by atomic mass is 19.1. The number of ether oxygens (including phenoxy) is 2. The lowest BCUT2D eigenvalue weighted by molar-refractivity contribution is -0.123. The van der Waals surface area contributed by atoms with E-state index in [1.54, 1.807) is 12.1 Å². The quantitative estimate of drug-likeness (QED) is 0.610. The predicted molar refractivity (Wildman–Crippen MR) is 99.0 cm³/mol. The zero-order valence-corrected chi connectivity index (χ0v) is 15.2. The predicted octanol–water partition coefficient (Wildman–Crippen LogP) is 2.95. The second kappa shape index (κ2) is 9.01. The van der Waals surface area contributed by atoms with E-state index in [9.17, 15) is 14.0 Å². The molecule has 0 radical (unpaired) electrons. The third kappa shape index (κ3) is 4.66. The Hall–Kier alpha value is -3.39. The molecule has 3 rings (SSSR count). The van der Waals surface area contributed by atoms with Crippen molar-refractivity contribution < 1.29 is 27.9 Å². The van der Waals surface area contributed by atoms with E-state index in [0.29, 0.717) is 23.5 Å². The van der Waals surface area contributed by atoms with E-state index in [1.807, 2.05) is 19.1 Å². The van der Waals surface area contributed by atoms with Gasteiger partial charge in [0.1, 0.15) is 17.1 Å². The largest absolute Gasteiger partial charge is 0.484 e. The number of hydrogen-bond donors (Lipinski definition) is 2. The van der Waals surface area contributed by atoms with E-state index in [4.69, 9.17) is 13.9 Å². The minimum absolute atomic E-state index is 0.0643. The Balaban J connectivity index is 1.61. The van der Waals surface area contributed by atoms with E-state index in [-0.39, 0.29) is 19.0 Å². The normalized spacial score (nSPS) is 10.6. The number of para-hydroxylation sites is 1. The molecule has 2 amide bonds. The van der Waals surface area contributed by atoms with Crippen LogP contribution in [0.25, 0.3) is 11.0 Å². The smallest absolute Gasteiger partial charge is 0.305 e. The van der Waals surface area contributed by atoms with Crippen LogP contribution in [-0.4, -0.2) is 25.0 Å². The molecule has 0 unspecified atom stereocenters. The molecular formula is C20H19FN2O5. The van der Waals surface area contributed by atoms with Crippen molar-refractivity contribution in [2.45, 2.75) is 13.5 Å². The van der Waals surface area contributed by atoms with E-state index in [1.165, 1.54) is 24.3 Å². The molecule has 28 heavy (non-hydrogen) atoms. The lowest BCUT2D eigenvalue weighted by atomic mass is 10.1. The second-order valence-corrected chi connectivity index (χ2v) is 5.79. The summed E-state index contributed by atoms with van der Waals surface area (Å²) >= 11 is 0. The van der Waals surface area contributed by atoms with Crippen molar-refractivity contribution in [3.05, 3.63) is 65.7 Å². The monoisotopic (exact) mass is 386 g/mol. The van der Waals surface area contributed by atoms with Gasteiger partial charge in [-0.15, -0.1) is 0 Å². The van der Waals surface area contributed by atoms with Crippen molar-refractivity contribution in [1.82, 2.24) is 10.9 Å². The van der Waals surface area contributed by atoms with Gasteiger partial charge in [0.15, 0.2) is 12.4 Å². The summed E-state index contributed by atoms with van der Waals surface area (Å²) in [4.78, 5) is 24.3. The van der Waals surface area contributed by atoms with Crippen LogP contribution in [0.2, 0.25) is 0 Å². The first-order chi connectivity index (χ1) is 13.6. The number of benzene rings is 2. The minimum atomic E-state index is -0.610. The maximum absolute atomic E-state index is 12.8. The molecule has 0 saturated carbocycles. The number of fused-ring (bicyclic) bond motifs is 1. The van der Waals surface area contributed by atoms with Crippen LogP contribution in [0.3, 0.4) is 0 Å². The molecule has 2 aromatic carbocycles. The highest BCUT2D eigenvalue weighted by Gasteiger charge is 2.21. The Labute approximate surface area is 160 Å². The molecular weight excluding hydrogens is 367 g/mol. The number of hydrogen-bond acceptors (Lipinski definition) is 5. The molecule has 7 nitrogen and oxygen atoms in total.